The molecule has 0 aliphatic carbocycles. The van der Waals surface area contributed by atoms with Crippen molar-refractivity contribution in [2.45, 2.75) is 44.8 Å². The zero-order valence-corrected chi connectivity index (χ0v) is 9.19. The first kappa shape index (κ1) is 10.6. The summed E-state index contributed by atoms with van der Waals surface area (Å²) in [7, 11) is 0. The zero-order valence-electron chi connectivity index (χ0n) is 8.37. The smallest absolute Gasteiger partial charge is 0.226 e. The number of amidine groups is 1. The highest BCUT2D eigenvalue weighted by Crippen LogP contribution is 2.38. The highest BCUT2D eigenvalue weighted by molar-refractivity contribution is 8.16. The average Bonchev–Trinajstić information content (AvgIpc) is 2.45. The number of rotatable bonds is 3. The van der Waals surface area contributed by atoms with E-state index in [0.29, 0.717) is 5.17 Å². The second-order valence-electron chi connectivity index (χ2n) is 3.38. The molecule has 0 bridgehead atoms. The quantitative estimate of drug-likeness (QED) is 0.562. The van der Waals surface area contributed by atoms with Crippen LogP contribution in [0.4, 0.5) is 0 Å². The van der Waals surface area contributed by atoms with Gasteiger partial charge in [0.05, 0.1) is 4.75 Å². The first-order valence-corrected chi connectivity index (χ1v) is 5.47. The van der Waals surface area contributed by atoms with Crippen molar-refractivity contribution in [3.8, 4) is 0 Å². The summed E-state index contributed by atoms with van der Waals surface area (Å²) in [4.78, 5) is 4.30. The Morgan fingerprint density at radius 2 is 2.23 bits per heavy atom. The maximum Gasteiger partial charge on any atom is 0.226 e. The van der Waals surface area contributed by atoms with Gasteiger partial charge in [0.15, 0.2) is 0 Å². The number of hydrogen-bond acceptors (Lipinski definition) is 3. The lowest BCUT2D eigenvalue weighted by Gasteiger charge is -2.21. The molecular weight excluding hydrogens is 184 g/mol. The van der Waals surface area contributed by atoms with Crippen LogP contribution in [0.15, 0.2) is 10.1 Å². The minimum absolute atomic E-state index is 0.0531. The summed E-state index contributed by atoms with van der Waals surface area (Å²) in [6.45, 7) is 6.43. The van der Waals surface area contributed by atoms with Crippen LogP contribution in [-0.4, -0.2) is 20.8 Å². The maximum absolute atomic E-state index is 8.64. The van der Waals surface area contributed by atoms with Crippen molar-refractivity contribution < 1.29 is 5.21 Å². The van der Waals surface area contributed by atoms with Gasteiger partial charge in [-0.2, -0.15) is 0 Å². The van der Waals surface area contributed by atoms with Crippen LogP contribution in [0.3, 0.4) is 0 Å². The third kappa shape index (κ3) is 2.05. The first-order chi connectivity index (χ1) is 6.16. The molecule has 1 unspecified atom stereocenters. The summed E-state index contributed by atoms with van der Waals surface area (Å²) in [6.07, 6.45) is 3.11. The summed E-state index contributed by atoms with van der Waals surface area (Å²) in [5.74, 6) is 0. The zero-order chi connectivity index (χ0) is 9.90. The van der Waals surface area contributed by atoms with Crippen LogP contribution < -0.4 is 0 Å². The average molecular weight is 200 g/mol. The first-order valence-electron chi connectivity index (χ1n) is 4.65. The van der Waals surface area contributed by atoms with E-state index in [1.165, 1.54) is 0 Å². The number of oxime groups is 1. The standard InChI is InChI=1S/C9H16N2OS/c1-4-6-7-9(3,5-2)13-8(10-7)11-12/h12H,4-6H2,1-3H3. The van der Waals surface area contributed by atoms with E-state index in [4.69, 9.17) is 5.21 Å². The van der Waals surface area contributed by atoms with E-state index in [9.17, 15) is 0 Å². The molecule has 0 saturated heterocycles. The van der Waals surface area contributed by atoms with E-state index in [2.05, 4.69) is 30.9 Å². The van der Waals surface area contributed by atoms with Gasteiger partial charge in [-0.15, -0.1) is 0 Å². The fourth-order valence-electron chi connectivity index (χ4n) is 1.39. The van der Waals surface area contributed by atoms with Crippen LogP contribution >= 0.6 is 11.8 Å². The van der Waals surface area contributed by atoms with Crippen LogP contribution in [-0.2, 0) is 0 Å². The molecule has 0 aromatic rings. The highest BCUT2D eigenvalue weighted by atomic mass is 32.2. The molecule has 3 nitrogen and oxygen atoms in total. The van der Waals surface area contributed by atoms with Crippen LogP contribution in [0.2, 0.25) is 0 Å². The molecule has 1 rings (SSSR count). The van der Waals surface area contributed by atoms with Gasteiger partial charge in [0.2, 0.25) is 5.17 Å². The second kappa shape index (κ2) is 4.13. The third-order valence-corrected chi connectivity index (χ3v) is 3.73. The van der Waals surface area contributed by atoms with Gasteiger partial charge in [-0.25, -0.2) is 4.99 Å². The molecule has 0 aromatic heterocycles. The second-order valence-corrected chi connectivity index (χ2v) is 4.85. The molecule has 1 heterocycles. The van der Waals surface area contributed by atoms with Crippen LogP contribution in [0, 0.1) is 0 Å². The Bertz CT molecular complexity index is 250. The van der Waals surface area contributed by atoms with Gasteiger partial charge in [-0.3, -0.25) is 0 Å². The van der Waals surface area contributed by atoms with Crippen molar-refractivity contribution in [1.82, 2.24) is 0 Å². The third-order valence-electron chi connectivity index (χ3n) is 2.40. The molecule has 1 aliphatic heterocycles. The highest BCUT2D eigenvalue weighted by Gasteiger charge is 2.36. The molecule has 0 spiro atoms. The maximum atomic E-state index is 8.64. The lowest BCUT2D eigenvalue weighted by atomic mass is 9.98. The Labute approximate surface area is 83.3 Å². The van der Waals surface area contributed by atoms with E-state index in [-0.39, 0.29) is 4.75 Å². The van der Waals surface area contributed by atoms with Crippen molar-refractivity contribution in [3.05, 3.63) is 0 Å². The summed E-state index contributed by atoms with van der Waals surface area (Å²) in [6, 6.07) is 0. The number of nitrogens with zero attached hydrogens (tertiary/aromatic N) is 2. The molecule has 74 valence electrons. The van der Waals surface area contributed by atoms with Crippen molar-refractivity contribution in [1.29, 1.82) is 0 Å². The van der Waals surface area contributed by atoms with Crippen molar-refractivity contribution in [2.75, 3.05) is 0 Å². The van der Waals surface area contributed by atoms with Gasteiger partial charge in [0, 0.05) is 5.71 Å². The number of thioether (sulfide) groups is 1. The molecule has 4 heteroatoms. The minimum Gasteiger partial charge on any atom is -0.409 e. The summed E-state index contributed by atoms with van der Waals surface area (Å²) in [5, 5.41) is 12.3. The molecule has 0 radical (unpaired) electrons. The normalized spacial score (nSPS) is 31.0. The Balaban J connectivity index is 2.85. The summed E-state index contributed by atoms with van der Waals surface area (Å²) in [5.41, 5.74) is 1.16. The van der Waals surface area contributed by atoms with Gasteiger partial charge in [-0.05, 0) is 19.8 Å². The Hall–Kier alpha value is -0.510. The fraction of sp³-hybridized carbons (Fsp3) is 0.778. The predicted octanol–water partition coefficient (Wildman–Crippen LogP) is 2.89. The molecule has 1 atom stereocenters. The van der Waals surface area contributed by atoms with E-state index in [0.717, 1.165) is 25.0 Å². The van der Waals surface area contributed by atoms with Gasteiger partial charge in [0.1, 0.15) is 0 Å². The molecular formula is C9H16N2OS. The van der Waals surface area contributed by atoms with Crippen LogP contribution in [0.1, 0.15) is 40.0 Å². The lowest BCUT2D eigenvalue weighted by molar-refractivity contribution is 0.320. The van der Waals surface area contributed by atoms with E-state index >= 15 is 0 Å². The Morgan fingerprint density at radius 3 is 2.69 bits per heavy atom. The summed E-state index contributed by atoms with van der Waals surface area (Å²) < 4.78 is 0.0531. The van der Waals surface area contributed by atoms with Gasteiger partial charge < -0.3 is 5.21 Å². The molecule has 1 N–H and O–H groups in total. The van der Waals surface area contributed by atoms with Crippen molar-refractivity contribution >= 4 is 22.6 Å². The van der Waals surface area contributed by atoms with Crippen molar-refractivity contribution in [3.63, 3.8) is 0 Å². The van der Waals surface area contributed by atoms with Gasteiger partial charge in [0.25, 0.3) is 0 Å². The number of hydrogen-bond donors (Lipinski definition) is 1. The molecule has 0 amide bonds. The minimum atomic E-state index is 0.0531. The van der Waals surface area contributed by atoms with E-state index in [1.54, 1.807) is 11.8 Å². The topological polar surface area (TPSA) is 45.0 Å². The van der Waals surface area contributed by atoms with Gasteiger partial charge >= 0.3 is 0 Å². The van der Waals surface area contributed by atoms with E-state index in [1.807, 2.05) is 0 Å². The van der Waals surface area contributed by atoms with Crippen molar-refractivity contribution in [2.24, 2.45) is 10.1 Å². The molecule has 1 aliphatic rings. The lowest BCUT2D eigenvalue weighted by Crippen LogP contribution is -2.27. The Kier molecular flexibility index (Phi) is 3.36. The predicted molar refractivity (Wildman–Crippen MR) is 57.9 cm³/mol. The molecule has 0 aromatic carbocycles. The fourth-order valence-corrected chi connectivity index (χ4v) is 2.40. The monoisotopic (exact) mass is 200 g/mol. The van der Waals surface area contributed by atoms with E-state index < -0.39 is 0 Å². The molecule has 13 heavy (non-hydrogen) atoms. The van der Waals surface area contributed by atoms with Gasteiger partial charge in [-0.1, -0.05) is 37.2 Å². The molecule has 0 saturated carbocycles. The Morgan fingerprint density at radius 1 is 1.54 bits per heavy atom. The largest absolute Gasteiger partial charge is 0.409 e. The number of aliphatic imine (C=N–C) groups is 1. The summed E-state index contributed by atoms with van der Waals surface area (Å²) >= 11 is 1.56. The van der Waals surface area contributed by atoms with Crippen LogP contribution in [0.25, 0.3) is 0 Å². The SMILES string of the molecule is CCCC1=NC(=NO)SC1(C)CC. The van der Waals surface area contributed by atoms with Crippen LogP contribution in [0.5, 0.6) is 0 Å². The molecule has 0 fully saturated rings.